The molecule has 3 aromatic rings. The fourth-order valence-electron chi connectivity index (χ4n) is 3.46. The van der Waals surface area contributed by atoms with Crippen molar-refractivity contribution < 1.29 is 9.21 Å². The van der Waals surface area contributed by atoms with E-state index in [2.05, 4.69) is 20.5 Å². The van der Waals surface area contributed by atoms with Gasteiger partial charge in [-0.3, -0.25) is 4.79 Å². The summed E-state index contributed by atoms with van der Waals surface area (Å²) in [6.07, 6.45) is 1.73. The normalized spacial score (nSPS) is 15.0. The predicted octanol–water partition coefficient (Wildman–Crippen LogP) is 3.61. The van der Waals surface area contributed by atoms with E-state index in [9.17, 15) is 4.79 Å². The summed E-state index contributed by atoms with van der Waals surface area (Å²) < 4.78 is 5.48. The van der Waals surface area contributed by atoms with E-state index in [1.807, 2.05) is 30.0 Å². The second kappa shape index (κ2) is 7.67. The van der Waals surface area contributed by atoms with Crippen LogP contribution in [0.1, 0.15) is 51.6 Å². The van der Waals surface area contributed by atoms with Crippen LogP contribution in [0.5, 0.6) is 0 Å². The van der Waals surface area contributed by atoms with E-state index in [0.29, 0.717) is 36.4 Å². The van der Waals surface area contributed by atoms with Gasteiger partial charge >= 0.3 is 0 Å². The van der Waals surface area contributed by atoms with Gasteiger partial charge < -0.3 is 14.6 Å². The summed E-state index contributed by atoms with van der Waals surface area (Å²) >= 11 is 1.50. The number of oxazole rings is 1. The largest absolute Gasteiger partial charge is 0.436 e. The van der Waals surface area contributed by atoms with Gasteiger partial charge in [-0.05, 0) is 38.8 Å². The van der Waals surface area contributed by atoms with Crippen molar-refractivity contribution in [2.24, 2.45) is 0 Å². The average molecular weight is 398 g/mol. The minimum absolute atomic E-state index is 0.0773. The molecule has 0 atom stereocenters. The minimum Gasteiger partial charge on any atom is -0.436 e. The van der Waals surface area contributed by atoms with Gasteiger partial charge in [-0.15, -0.1) is 10.2 Å². The van der Waals surface area contributed by atoms with E-state index < -0.39 is 0 Å². The summed E-state index contributed by atoms with van der Waals surface area (Å²) in [7, 11) is 0. The number of piperidine rings is 1. The van der Waals surface area contributed by atoms with Crippen LogP contribution in [0.4, 0.5) is 10.9 Å². The quantitative estimate of drug-likeness (QED) is 0.717. The van der Waals surface area contributed by atoms with Crippen LogP contribution in [0.15, 0.2) is 22.6 Å². The van der Waals surface area contributed by atoms with Crippen molar-refractivity contribution in [2.45, 2.75) is 39.5 Å². The molecule has 4 rings (SSSR count). The van der Waals surface area contributed by atoms with Gasteiger partial charge in [-0.25, -0.2) is 9.97 Å². The molecule has 1 N–H and O–H groups in total. The number of nitrogens with one attached hydrogen (secondary N) is 1. The number of aryl methyl sites for hydroxylation is 3. The molecule has 1 aliphatic rings. The zero-order chi connectivity index (χ0) is 19.7. The first kappa shape index (κ1) is 18.5. The van der Waals surface area contributed by atoms with Crippen molar-refractivity contribution in [3.8, 4) is 0 Å². The number of likely N-dealkylation sites (tertiary alicyclic amines) is 1. The number of hydrogen-bond donors (Lipinski definition) is 1. The van der Waals surface area contributed by atoms with Gasteiger partial charge in [-0.2, -0.15) is 0 Å². The molecule has 1 amide bonds. The Labute approximate surface area is 167 Å². The minimum atomic E-state index is -0.0773. The van der Waals surface area contributed by atoms with Crippen molar-refractivity contribution >= 4 is 28.2 Å². The number of pyridine rings is 1. The molecule has 146 valence electrons. The third-order valence-electron chi connectivity index (χ3n) is 4.83. The van der Waals surface area contributed by atoms with Gasteiger partial charge in [0.05, 0.1) is 5.69 Å². The molecule has 4 heterocycles. The van der Waals surface area contributed by atoms with Gasteiger partial charge in [0.25, 0.3) is 5.91 Å². The lowest BCUT2D eigenvalue weighted by Gasteiger charge is -2.31. The van der Waals surface area contributed by atoms with Crippen LogP contribution in [0.25, 0.3) is 0 Å². The van der Waals surface area contributed by atoms with Crippen LogP contribution in [-0.4, -0.2) is 44.1 Å². The molecule has 0 saturated carbocycles. The Hall–Kier alpha value is -2.81. The summed E-state index contributed by atoms with van der Waals surface area (Å²) in [6, 6.07) is 5.97. The summed E-state index contributed by atoms with van der Waals surface area (Å²) in [5.74, 6) is 1.88. The Kier molecular flexibility index (Phi) is 5.08. The number of anilines is 2. The van der Waals surface area contributed by atoms with Gasteiger partial charge in [0, 0.05) is 31.6 Å². The Morgan fingerprint density at radius 2 is 1.96 bits per heavy atom. The standard InChI is InChI=1S/C19H22N6O2S/c1-11-17(27-12(2)20-11)18(26)25-9-7-14(8-10-25)15-5-4-6-16(21-15)22-19-24-23-13(3)28-19/h4-6,14H,7-10H2,1-3H3,(H,21,22,24). The first-order chi connectivity index (χ1) is 13.5. The number of aromatic nitrogens is 4. The number of carbonyl (C=O) groups excluding carboxylic acids is 1. The molecular weight excluding hydrogens is 376 g/mol. The maximum atomic E-state index is 12.7. The van der Waals surface area contributed by atoms with E-state index in [-0.39, 0.29) is 5.91 Å². The Balaban J connectivity index is 1.40. The maximum absolute atomic E-state index is 12.7. The monoisotopic (exact) mass is 398 g/mol. The third-order valence-corrected chi connectivity index (χ3v) is 5.58. The van der Waals surface area contributed by atoms with E-state index in [1.54, 1.807) is 13.8 Å². The number of amides is 1. The summed E-state index contributed by atoms with van der Waals surface area (Å²) in [5, 5.41) is 12.9. The Morgan fingerprint density at radius 1 is 1.18 bits per heavy atom. The molecule has 1 fully saturated rings. The summed E-state index contributed by atoms with van der Waals surface area (Å²) in [6.45, 7) is 6.84. The van der Waals surface area contributed by atoms with Crippen LogP contribution in [0.3, 0.4) is 0 Å². The smallest absolute Gasteiger partial charge is 0.291 e. The highest BCUT2D eigenvalue weighted by Crippen LogP contribution is 2.29. The molecule has 0 spiro atoms. The van der Waals surface area contributed by atoms with Crippen molar-refractivity contribution in [3.63, 3.8) is 0 Å². The number of rotatable bonds is 4. The SMILES string of the molecule is Cc1nc(C)c(C(=O)N2CCC(c3cccc(Nc4nnc(C)s4)n3)CC2)o1. The lowest BCUT2D eigenvalue weighted by atomic mass is 9.93. The molecule has 1 aliphatic heterocycles. The van der Waals surface area contributed by atoms with Crippen LogP contribution < -0.4 is 5.32 Å². The molecule has 0 unspecified atom stereocenters. The first-order valence-corrected chi connectivity index (χ1v) is 10.1. The second-order valence-electron chi connectivity index (χ2n) is 6.91. The van der Waals surface area contributed by atoms with E-state index in [1.165, 1.54) is 11.3 Å². The highest BCUT2D eigenvalue weighted by atomic mass is 32.1. The first-order valence-electron chi connectivity index (χ1n) is 9.27. The molecule has 9 heteroatoms. The van der Waals surface area contributed by atoms with Crippen molar-refractivity contribution in [2.75, 3.05) is 18.4 Å². The van der Waals surface area contributed by atoms with Gasteiger partial charge in [-0.1, -0.05) is 17.4 Å². The van der Waals surface area contributed by atoms with E-state index in [4.69, 9.17) is 9.40 Å². The highest BCUT2D eigenvalue weighted by molar-refractivity contribution is 7.15. The zero-order valence-electron chi connectivity index (χ0n) is 16.1. The van der Waals surface area contributed by atoms with E-state index >= 15 is 0 Å². The molecular formula is C19H22N6O2S. The van der Waals surface area contributed by atoms with Crippen molar-refractivity contribution in [1.29, 1.82) is 0 Å². The summed E-state index contributed by atoms with van der Waals surface area (Å²) in [4.78, 5) is 23.5. The fraction of sp³-hybridized carbons (Fsp3) is 0.421. The third kappa shape index (κ3) is 3.89. The topological polar surface area (TPSA) is 97.0 Å². The average Bonchev–Trinajstić information content (AvgIpc) is 3.25. The molecule has 28 heavy (non-hydrogen) atoms. The summed E-state index contributed by atoms with van der Waals surface area (Å²) in [5.41, 5.74) is 1.68. The van der Waals surface area contributed by atoms with Crippen LogP contribution in [0.2, 0.25) is 0 Å². The second-order valence-corrected chi connectivity index (χ2v) is 8.09. The fourth-order valence-corrected chi connectivity index (χ4v) is 4.06. The van der Waals surface area contributed by atoms with Crippen LogP contribution >= 0.6 is 11.3 Å². The van der Waals surface area contributed by atoms with Gasteiger partial charge in [0.1, 0.15) is 10.8 Å². The number of hydrogen-bond acceptors (Lipinski definition) is 8. The van der Waals surface area contributed by atoms with Crippen LogP contribution in [-0.2, 0) is 0 Å². The van der Waals surface area contributed by atoms with E-state index in [0.717, 1.165) is 34.5 Å². The lowest BCUT2D eigenvalue weighted by Crippen LogP contribution is -2.38. The van der Waals surface area contributed by atoms with Gasteiger partial charge in [0.15, 0.2) is 5.89 Å². The maximum Gasteiger partial charge on any atom is 0.291 e. The molecule has 0 aromatic carbocycles. The molecule has 0 aliphatic carbocycles. The zero-order valence-corrected chi connectivity index (χ0v) is 16.9. The van der Waals surface area contributed by atoms with Crippen LogP contribution in [0, 0.1) is 20.8 Å². The molecule has 3 aromatic heterocycles. The molecule has 1 saturated heterocycles. The molecule has 0 bridgehead atoms. The molecule has 0 radical (unpaired) electrons. The molecule has 8 nitrogen and oxygen atoms in total. The predicted molar refractivity (Wildman–Crippen MR) is 106 cm³/mol. The van der Waals surface area contributed by atoms with Gasteiger partial charge in [0.2, 0.25) is 10.9 Å². The number of nitrogens with zero attached hydrogens (tertiary/aromatic N) is 5. The highest BCUT2D eigenvalue weighted by Gasteiger charge is 2.28. The van der Waals surface area contributed by atoms with Crippen molar-refractivity contribution in [1.82, 2.24) is 25.1 Å². The number of carbonyl (C=O) groups is 1. The lowest BCUT2D eigenvalue weighted by molar-refractivity contribution is 0.0677. The Bertz CT molecular complexity index is 990. The Morgan fingerprint density at radius 3 is 2.61 bits per heavy atom. The van der Waals surface area contributed by atoms with Crippen molar-refractivity contribution in [3.05, 3.63) is 46.2 Å².